The molecule has 1 aromatic heterocycles. The average Bonchev–Trinajstić information content (AvgIpc) is 3.28. The van der Waals surface area contributed by atoms with Crippen molar-refractivity contribution in [2.75, 3.05) is 6.61 Å². The third-order valence-corrected chi connectivity index (χ3v) is 7.11. The van der Waals surface area contributed by atoms with E-state index >= 15 is 0 Å². The van der Waals surface area contributed by atoms with Crippen molar-refractivity contribution in [3.05, 3.63) is 66.4 Å². The molecule has 2 N–H and O–H groups in total. The Kier molecular flexibility index (Phi) is 7.13. The van der Waals surface area contributed by atoms with Crippen LogP contribution < -0.4 is 4.72 Å². The number of benzene rings is 2. The predicted octanol–water partition coefficient (Wildman–Crippen LogP) is 2.50. The van der Waals surface area contributed by atoms with Gasteiger partial charge >= 0.3 is 0 Å². The van der Waals surface area contributed by atoms with Crippen molar-refractivity contribution in [3.8, 4) is 11.3 Å². The van der Waals surface area contributed by atoms with Gasteiger partial charge in [0, 0.05) is 12.1 Å². The van der Waals surface area contributed by atoms with Crippen molar-refractivity contribution in [1.82, 2.24) is 19.7 Å². The molecular weight excluding hydrogens is 454 g/mol. The van der Waals surface area contributed by atoms with Crippen LogP contribution >= 0.6 is 0 Å². The maximum Gasteiger partial charge on any atom is 0.243 e. The number of nitrogens with zero attached hydrogens (tertiary/aromatic N) is 3. The minimum absolute atomic E-state index is 0.213. The fourth-order valence-corrected chi connectivity index (χ4v) is 5.22. The molecule has 0 aliphatic carbocycles. The Balaban J connectivity index is 1.34. The molecule has 2 heterocycles. The minimum atomic E-state index is -4.09. The molecule has 0 spiro atoms. The number of halogens is 2. The third kappa shape index (κ3) is 5.61. The zero-order chi connectivity index (χ0) is 23.4. The fourth-order valence-electron chi connectivity index (χ4n) is 3.84. The second-order valence-corrected chi connectivity index (χ2v) is 9.56. The molecule has 2 aromatic carbocycles. The minimum Gasteiger partial charge on any atom is -0.394 e. The summed E-state index contributed by atoms with van der Waals surface area (Å²) in [6, 6.07) is 10.4. The van der Waals surface area contributed by atoms with Gasteiger partial charge in [-0.15, -0.1) is 5.10 Å². The molecule has 1 aliphatic heterocycles. The van der Waals surface area contributed by atoms with Crippen molar-refractivity contribution in [1.29, 1.82) is 0 Å². The van der Waals surface area contributed by atoms with Crippen LogP contribution in [0.2, 0.25) is 0 Å². The van der Waals surface area contributed by atoms with E-state index in [1.165, 1.54) is 30.3 Å². The number of hydrogen-bond donors (Lipinski definition) is 2. The summed E-state index contributed by atoms with van der Waals surface area (Å²) in [5, 5.41) is 17.9. The quantitative estimate of drug-likeness (QED) is 0.515. The molecular formula is C22H24F2N4O4S. The van der Waals surface area contributed by atoms with Crippen molar-refractivity contribution < 1.29 is 27.0 Å². The highest BCUT2D eigenvalue weighted by molar-refractivity contribution is 7.89. The molecule has 33 heavy (non-hydrogen) atoms. The molecule has 1 aliphatic rings. The van der Waals surface area contributed by atoms with E-state index in [9.17, 15) is 22.3 Å². The molecule has 4 rings (SSSR count). The van der Waals surface area contributed by atoms with E-state index in [0.29, 0.717) is 31.5 Å². The fraction of sp³-hybridized carbons (Fsp3) is 0.364. The van der Waals surface area contributed by atoms with Gasteiger partial charge in [-0.05, 0) is 55.7 Å². The van der Waals surface area contributed by atoms with E-state index in [-0.39, 0.29) is 18.5 Å². The van der Waals surface area contributed by atoms with Gasteiger partial charge in [0.2, 0.25) is 10.0 Å². The van der Waals surface area contributed by atoms with Crippen LogP contribution in [0.5, 0.6) is 0 Å². The number of ether oxygens (including phenoxy) is 1. The number of aromatic nitrogens is 3. The molecule has 0 unspecified atom stereocenters. The number of aryl methyl sites for hydroxylation is 1. The number of hydrogen-bond acceptors (Lipinski definition) is 6. The zero-order valence-corrected chi connectivity index (χ0v) is 18.5. The van der Waals surface area contributed by atoms with E-state index in [4.69, 9.17) is 4.74 Å². The van der Waals surface area contributed by atoms with E-state index in [2.05, 4.69) is 15.0 Å². The topological polar surface area (TPSA) is 106 Å². The molecule has 1 fully saturated rings. The van der Waals surface area contributed by atoms with Gasteiger partial charge in [0.25, 0.3) is 0 Å². The molecule has 11 heteroatoms. The summed E-state index contributed by atoms with van der Waals surface area (Å²) in [4.78, 5) is -0.438. The van der Waals surface area contributed by atoms with Crippen LogP contribution in [-0.4, -0.2) is 53.4 Å². The summed E-state index contributed by atoms with van der Waals surface area (Å²) in [7, 11) is -4.09. The number of aliphatic hydroxyl groups excluding tert-OH is 1. The Morgan fingerprint density at radius 3 is 2.61 bits per heavy atom. The zero-order valence-electron chi connectivity index (χ0n) is 17.6. The number of rotatable bonds is 8. The first-order valence-electron chi connectivity index (χ1n) is 10.5. The van der Waals surface area contributed by atoms with Crippen LogP contribution in [0, 0.1) is 11.6 Å². The molecule has 0 bridgehead atoms. The average molecular weight is 479 g/mol. The Labute approximate surface area is 190 Å². The number of sulfonamides is 1. The van der Waals surface area contributed by atoms with Crippen LogP contribution in [0.1, 0.15) is 19.3 Å². The Morgan fingerprint density at radius 2 is 1.88 bits per heavy atom. The molecule has 0 saturated carbocycles. The molecule has 1 saturated heterocycles. The molecule has 3 atom stereocenters. The molecule has 8 nitrogen and oxygen atoms in total. The maximum atomic E-state index is 13.9. The lowest BCUT2D eigenvalue weighted by Crippen LogP contribution is -2.51. The normalized spacial score (nSPS) is 21.2. The molecule has 176 valence electrons. The summed E-state index contributed by atoms with van der Waals surface area (Å²) in [6.45, 7) is 0.127. The highest BCUT2D eigenvalue weighted by atomic mass is 32.2. The smallest absolute Gasteiger partial charge is 0.243 e. The lowest BCUT2D eigenvalue weighted by molar-refractivity contribution is -0.0891. The van der Waals surface area contributed by atoms with E-state index in [1.54, 1.807) is 23.0 Å². The van der Waals surface area contributed by atoms with Gasteiger partial charge in [-0.1, -0.05) is 17.3 Å². The van der Waals surface area contributed by atoms with Gasteiger partial charge in [-0.25, -0.2) is 21.9 Å². The Bertz CT molecular complexity index is 1190. The van der Waals surface area contributed by atoms with E-state index < -0.39 is 32.9 Å². The second kappa shape index (κ2) is 10.0. The van der Waals surface area contributed by atoms with Crippen molar-refractivity contribution >= 4 is 10.0 Å². The van der Waals surface area contributed by atoms with Gasteiger partial charge in [0.05, 0.1) is 31.1 Å². The number of aliphatic hydroxyl groups is 1. The third-order valence-electron chi connectivity index (χ3n) is 5.59. The lowest BCUT2D eigenvalue weighted by Gasteiger charge is -2.36. The molecule has 0 amide bonds. The van der Waals surface area contributed by atoms with Gasteiger partial charge in [0.15, 0.2) is 0 Å². The van der Waals surface area contributed by atoms with Gasteiger partial charge in [-0.2, -0.15) is 0 Å². The SMILES string of the molecule is O=S(=O)(N[C@@H]1CC[C@H](CCn2cc(-c3ccc(F)cc3)nn2)O[C@H]1CO)c1ccccc1F. The van der Waals surface area contributed by atoms with Gasteiger partial charge in [-0.3, -0.25) is 4.68 Å². The van der Waals surface area contributed by atoms with Gasteiger partial charge in [0.1, 0.15) is 22.2 Å². The molecule has 0 radical (unpaired) electrons. The Morgan fingerprint density at radius 1 is 1.12 bits per heavy atom. The lowest BCUT2D eigenvalue weighted by atomic mass is 9.98. The van der Waals surface area contributed by atoms with E-state index in [0.717, 1.165) is 11.6 Å². The second-order valence-electron chi connectivity index (χ2n) is 7.88. The van der Waals surface area contributed by atoms with Gasteiger partial charge < -0.3 is 9.84 Å². The van der Waals surface area contributed by atoms with Crippen molar-refractivity contribution in [3.63, 3.8) is 0 Å². The highest BCUT2D eigenvalue weighted by Crippen LogP contribution is 2.25. The van der Waals surface area contributed by atoms with Crippen LogP contribution in [-0.2, 0) is 21.3 Å². The monoisotopic (exact) mass is 478 g/mol. The summed E-state index contributed by atoms with van der Waals surface area (Å²) in [6.07, 6.45) is 2.36. The van der Waals surface area contributed by atoms with Crippen molar-refractivity contribution in [2.45, 2.75) is 49.0 Å². The van der Waals surface area contributed by atoms with E-state index in [1.807, 2.05) is 0 Å². The molecule has 3 aromatic rings. The first kappa shape index (κ1) is 23.4. The van der Waals surface area contributed by atoms with Crippen LogP contribution in [0.25, 0.3) is 11.3 Å². The maximum absolute atomic E-state index is 13.9. The number of nitrogens with one attached hydrogen (secondary N) is 1. The summed E-state index contributed by atoms with van der Waals surface area (Å²) in [5.41, 5.74) is 1.37. The highest BCUT2D eigenvalue weighted by Gasteiger charge is 2.34. The first-order chi connectivity index (χ1) is 15.9. The van der Waals surface area contributed by atoms with Crippen LogP contribution in [0.15, 0.2) is 59.6 Å². The van der Waals surface area contributed by atoms with Crippen LogP contribution in [0.4, 0.5) is 8.78 Å². The standard InChI is InChI=1S/C22H24F2N4O4S/c23-16-7-5-15(6-8-16)20-13-28(27-25-20)12-11-17-9-10-19(21(14-29)32-17)26-33(30,31)22-4-2-1-3-18(22)24/h1-8,13,17,19,21,26,29H,9-12,14H2/t17-,19-,21+/m1/s1. The summed E-state index contributed by atoms with van der Waals surface area (Å²) in [5.74, 6) is -1.17. The summed E-state index contributed by atoms with van der Waals surface area (Å²) < 4.78 is 62.2. The van der Waals surface area contributed by atoms with Crippen LogP contribution in [0.3, 0.4) is 0 Å². The Hall–Kier alpha value is -2.73. The van der Waals surface area contributed by atoms with Crippen molar-refractivity contribution in [2.24, 2.45) is 0 Å². The largest absolute Gasteiger partial charge is 0.394 e. The summed E-state index contributed by atoms with van der Waals surface area (Å²) >= 11 is 0. The predicted molar refractivity (Wildman–Crippen MR) is 116 cm³/mol. The first-order valence-corrected chi connectivity index (χ1v) is 12.0.